The van der Waals surface area contributed by atoms with E-state index >= 15 is 0 Å². The van der Waals surface area contributed by atoms with Gasteiger partial charge in [-0.2, -0.15) is 0 Å². The average Bonchev–Trinajstić information content (AvgIpc) is 2.38. The molecule has 0 spiro atoms. The maximum atomic E-state index is 11.4. The Morgan fingerprint density at radius 1 is 1.30 bits per heavy atom. The molecule has 2 aromatic rings. The van der Waals surface area contributed by atoms with Crippen LogP contribution in [0.5, 0.6) is 5.75 Å². The molecule has 2 aromatic carbocycles. The summed E-state index contributed by atoms with van der Waals surface area (Å²) in [4.78, 5) is 11.4. The minimum absolute atomic E-state index is 0.374. The fourth-order valence-electron chi connectivity index (χ4n) is 1.84. The van der Waals surface area contributed by atoms with E-state index in [2.05, 4.69) is 15.9 Å². The number of rotatable bonds is 4. The molecule has 0 radical (unpaired) electrons. The SMILES string of the molecule is Cc1cc(Br)cc(Cl)c1OC(C(=O)O)c1ccccc1. The minimum atomic E-state index is -1.09. The van der Waals surface area contributed by atoms with Crippen molar-refractivity contribution in [1.29, 1.82) is 0 Å². The second-order valence-corrected chi connectivity index (χ2v) is 5.60. The third kappa shape index (κ3) is 3.32. The summed E-state index contributed by atoms with van der Waals surface area (Å²) in [6.45, 7) is 1.82. The van der Waals surface area contributed by atoms with E-state index in [0.29, 0.717) is 16.3 Å². The Morgan fingerprint density at radius 2 is 1.95 bits per heavy atom. The van der Waals surface area contributed by atoms with Crippen molar-refractivity contribution in [3.8, 4) is 5.75 Å². The molecule has 104 valence electrons. The summed E-state index contributed by atoms with van der Waals surface area (Å²) in [6, 6.07) is 12.3. The van der Waals surface area contributed by atoms with Crippen LogP contribution in [0.15, 0.2) is 46.9 Å². The van der Waals surface area contributed by atoms with Crippen molar-refractivity contribution in [2.75, 3.05) is 0 Å². The average molecular weight is 356 g/mol. The molecule has 0 aromatic heterocycles. The van der Waals surface area contributed by atoms with Gasteiger partial charge in [-0.15, -0.1) is 0 Å². The van der Waals surface area contributed by atoms with Crippen LogP contribution in [0, 0.1) is 6.92 Å². The topological polar surface area (TPSA) is 46.5 Å². The first kappa shape index (κ1) is 14.9. The predicted molar refractivity (Wildman–Crippen MR) is 81.3 cm³/mol. The summed E-state index contributed by atoms with van der Waals surface area (Å²) in [6.07, 6.45) is -1.09. The lowest BCUT2D eigenvalue weighted by atomic mass is 10.1. The van der Waals surface area contributed by atoms with Gasteiger partial charge in [0.05, 0.1) is 5.02 Å². The van der Waals surface area contributed by atoms with E-state index in [1.54, 1.807) is 30.3 Å². The standard InChI is InChI=1S/C15H12BrClO3/c1-9-7-11(16)8-12(17)13(9)20-14(15(18)19)10-5-3-2-4-6-10/h2-8,14H,1H3,(H,18,19). The van der Waals surface area contributed by atoms with Crippen molar-refractivity contribution in [2.24, 2.45) is 0 Å². The van der Waals surface area contributed by atoms with Gasteiger partial charge in [0.15, 0.2) is 0 Å². The molecule has 3 nitrogen and oxygen atoms in total. The van der Waals surface area contributed by atoms with Crippen LogP contribution < -0.4 is 4.74 Å². The molecule has 0 saturated carbocycles. The van der Waals surface area contributed by atoms with E-state index in [1.807, 2.05) is 19.1 Å². The van der Waals surface area contributed by atoms with Crippen LogP contribution in [0.4, 0.5) is 0 Å². The lowest BCUT2D eigenvalue weighted by Gasteiger charge is -2.18. The van der Waals surface area contributed by atoms with Gasteiger partial charge in [0.2, 0.25) is 6.10 Å². The molecule has 5 heteroatoms. The van der Waals surface area contributed by atoms with Gasteiger partial charge < -0.3 is 9.84 Å². The molecule has 2 rings (SSSR count). The van der Waals surface area contributed by atoms with Crippen LogP contribution in [0.1, 0.15) is 17.2 Å². The summed E-state index contributed by atoms with van der Waals surface area (Å²) < 4.78 is 6.44. The molecule has 0 saturated heterocycles. The van der Waals surface area contributed by atoms with Crippen molar-refractivity contribution in [2.45, 2.75) is 13.0 Å². The van der Waals surface area contributed by atoms with Crippen molar-refractivity contribution >= 4 is 33.5 Å². The van der Waals surface area contributed by atoms with E-state index < -0.39 is 12.1 Å². The summed E-state index contributed by atoms with van der Waals surface area (Å²) >= 11 is 9.45. The molecule has 0 aliphatic carbocycles. The summed E-state index contributed by atoms with van der Waals surface area (Å²) in [5.41, 5.74) is 1.34. The van der Waals surface area contributed by atoms with Crippen LogP contribution >= 0.6 is 27.5 Å². The number of aryl methyl sites for hydroxylation is 1. The third-order valence-electron chi connectivity index (χ3n) is 2.76. The van der Waals surface area contributed by atoms with Gasteiger partial charge in [-0.1, -0.05) is 57.9 Å². The molecule has 0 aliphatic heterocycles. The first-order chi connectivity index (χ1) is 9.49. The van der Waals surface area contributed by atoms with Crippen LogP contribution in [-0.2, 0) is 4.79 Å². The van der Waals surface area contributed by atoms with E-state index in [9.17, 15) is 9.90 Å². The molecule has 20 heavy (non-hydrogen) atoms. The number of hydrogen-bond donors (Lipinski definition) is 1. The smallest absolute Gasteiger partial charge is 0.349 e. The largest absolute Gasteiger partial charge is 0.478 e. The Bertz CT molecular complexity index is 605. The van der Waals surface area contributed by atoms with Gasteiger partial charge in [-0.05, 0) is 24.6 Å². The quantitative estimate of drug-likeness (QED) is 0.871. The highest BCUT2D eigenvalue weighted by molar-refractivity contribution is 9.10. The van der Waals surface area contributed by atoms with E-state index in [-0.39, 0.29) is 0 Å². The molecule has 1 N–H and O–H groups in total. The van der Waals surface area contributed by atoms with Crippen LogP contribution in [0.3, 0.4) is 0 Å². The van der Waals surface area contributed by atoms with Gasteiger partial charge in [-0.3, -0.25) is 0 Å². The van der Waals surface area contributed by atoms with Crippen LogP contribution in [0.25, 0.3) is 0 Å². The number of carboxylic acids is 1. The molecular formula is C15H12BrClO3. The van der Waals surface area contributed by atoms with E-state index in [0.717, 1.165) is 10.0 Å². The Labute approximate surface area is 130 Å². The van der Waals surface area contributed by atoms with Crippen LogP contribution in [0.2, 0.25) is 5.02 Å². The second kappa shape index (κ2) is 6.29. The number of carboxylic acid groups (broad SMARTS) is 1. The molecule has 0 aliphatic rings. The third-order valence-corrected chi connectivity index (χ3v) is 3.49. The lowest BCUT2D eigenvalue weighted by Crippen LogP contribution is -2.18. The van der Waals surface area contributed by atoms with Crippen LogP contribution in [-0.4, -0.2) is 11.1 Å². The number of hydrogen-bond acceptors (Lipinski definition) is 2. The number of benzene rings is 2. The van der Waals surface area contributed by atoms with Crippen molar-refractivity contribution in [3.05, 3.63) is 63.1 Å². The number of ether oxygens (including phenoxy) is 1. The van der Waals surface area contributed by atoms with Gasteiger partial charge in [0.25, 0.3) is 0 Å². The van der Waals surface area contributed by atoms with Crippen molar-refractivity contribution in [1.82, 2.24) is 0 Å². The van der Waals surface area contributed by atoms with E-state index in [4.69, 9.17) is 16.3 Å². The molecular weight excluding hydrogens is 344 g/mol. The highest BCUT2D eigenvalue weighted by atomic mass is 79.9. The zero-order valence-corrected chi connectivity index (χ0v) is 13.0. The zero-order valence-electron chi connectivity index (χ0n) is 10.6. The molecule has 1 unspecified atom stereocenters. The van der Waals surface area contributed by atoms with Gasteiger partial charge in [0, 0.05) is 10.0 Å². The normalized spacial score (nSPS) is 11.9. The number of carbonyl (C=O) groups is 1. The number of aliphatic carboxylic acids is 1. The van der Waals surface area contributed by atoms with Gasteiger partial charge in [-0.25, -0.2) is 4.79 Å². The maximum Gasteiger partial charge on any atom is 0.349 e. The predicted octanol–water partition coefficient (Wildman–Crippen LogP) is 4.62. The summed E-state index contributed by atoms with van der Waals surface area (Å²) in [5, 5.41) is 9.72. The first-order valence-electron chi connectivity index (χ1n) is 5.89. The molecule has 0 amide bonds. The Kier molecular flexibility index (Phi) is 4.68. The monoisotopic (exact) mass is 354 g/mol. The summed E-state index contributed by atoms with van der Waals surface area (Å²) in [5.74, 6) is -0.680. The second-order valence-electron chi connectivity index (χ2n) is 4.28. The molecule has 0 heterocycles. The Hall–Kier alpha value is -1.52. The highest BCUT2D eigenvalue weighted by Gasteiger charge is 2.23. The maximum absolute atomic E-state index is 11.4. The summed E-state index contributed by atoms with van der Waals surface area (Å²) in [7, 11) is 0. The van der Waals surface area contributed by atoms with Gasteiger partial charge in [0.1, 0.15) is 5.75 Å². The molecule has 1 atom stereocenters. The fraction of sp³-hybridized carbons (Fsp3) is 0.133. The number of halogens is 2. The highest BCUT2D eigenvalue weighted by Crippen LogP contribution is 2.35. The van der Waals surface area contributed by atoms with Crippen molar-refractivity contribution < 1.29 is 14.6 Å². The fourth-order valence-corrected chi connectivity index (χ4v) is 2.86. The van der Waals surface area contributed by atoms with Crippen molar-refractivity contribution in [3.63, 3.8) is 0 Å². The Balaban J connectivity index is 2.38. The molecule has 0 bridgehead atoms. The minimum Gasteiger partial charge on any atom is -0.478 e. The molecule has 0 fully saturated rings. The zero-order chi connectivity index (χ0) is 14.7. The first-order valence-corrected chi connectivity index (χ1v) is 7.06. The lowest BCUT2D eigenvalue weighted by molar-refractivity contribution is -0.145. The van der Waals surface area contributed by atoms with E-state index in [1.165, 1.54) is 0 Å². The van der Waals surface area contributed by atoms with Gasteiger partial charge >= 0.3 is 5.97 Å². The Morgan fingerprint density at radius 3 is 2.50 bits per heavy atom.